The zero-order valence-electron chi connectivity index (χ0n) is 14.9. The molecular formula is C22H17BrO4S. The average molecular weight is 457 g/mol. The van der Waals surface area contributed by atoms with Crippen LogP contribution in [0.25, 0.3) is 6.08 Å². The highest BCUT2D eigenvalue weighted by atomic mass is 79.9. The lowest BCUT2D eigenvalue weighted by atomic mass is 10.1. The number of aromatic hydroxyl groups is 3. The number of phenols is 3. The van der Waals surface area contributed by atoms with Gasteiger partial charge in [-0.2, -0.15) is 0 Å². The molecule has 0 spiro atoms. The van der Waals surface area contributed by atoms with Crippen LogP contribution in [0, 0.1) is 6.92 Å². The van der Waals surface area contributed by atoms with Crippen molar-refractivity contribution in [2.24, 2.45) is 0 Å². The fourth-order valence-corrected chi connectivity index (χ4v) is 3.68. The van der Waals surface area contributed by atoms with Crippen molar-refractivity contribution in [2.75, 3.05) is 0 Å². The second kappa shape index (κ2) is 8.54. The molecule has 142 valence electrons. The highest BCUT2D eigenvalue weighted by Gasteiger charge is 2.17. The van der Waals surface area contributed by atoms with Crippen LogP contribution >= 0.6 is 27.7 Å². The van der Waals surface area contributed by atoms with Crippen LogP contribution in [0.3, 0.4) is 0 Å². The molecular weight excluding hydrogens is 440 g/mol. The Morgan fingerprint density at radius 3 is 2.07 bits per heavy atom. The van der Waals surface area contributed by atoms with Crippen molar-refractivity contribution >= 4 is 39.6 Å². The lowest BCUT2D eigenvalue weighted by molar-refractivity contribution is 0.104. The molecule has 0 saturated carbocycles. The van der Waals surface area contributed by atoms with Crippen LogP contribution in [0.4, 0.5) is 0 Å². The summed E-state index contributed by atoms with van der Waals surface area (Å²) in [6, 6.07) is 16.9. The van der Waals surface area contributed by atoms with Gasteiger partial charge in [-0.1, -0.05) is 45.4 Å². The van der Waals surface area contributed by atoms with Crippen molar-refractivity contribution in [3.63, 3.8) is 0 Å². The van der Waals surface area contributed by atoms with Crippen LogP contribution in [0.15, 0.2) is 74.9 Å². The van der Waals surface area contributed by atoms with E-state index in [-0.39, 0.29) is 28.6 Å². The second-order valence-electron chi connectivity index (χ2n) is 6.16. The highest BCUT2D eigenvalue weighted by molar-refractivity contribution is 9.10. The number of ketones is 1. The van der Waals surface area contributed by atoms with E-state index >= 15 is 0 Å². The predicted octanol–water partition coefficient (Wildman–Crippen LogP) is 5.89. The van der Waals surface area contributed by atoms with Gasteiger partial charge in [-0.25, -0.2) is 0 Å². The Balaban J connectivity index is 2.07. The molecule has 6 heteroatoms. The Labute approximate surface area is 175 Å². The van der Waals surface area contributed by atoms with Gasteiger partial charge in [0.1, 0.15) is 17.2 Å². The molecule has 3 aromatic rings. The number of hydrogen-bond acceptors (Lipinski definition) is 5. The van der Waals surface area contributed by atoms with E-state index in [1.165, 1.54) is 17.8 Å². The van der Waals surface area contributed by atoms with E-state index < -0.39 is 0 Å². The Morgan fingerprint density at radius 1 is 0.929 bits per heavy atom. The molecule has 4 nitrogen and oxygen atoms in total. The molecule has 0 fully saturated rings. The van der Waals surface area contributed by atoms with Gasteiger partial charge in [0.15, 0.2) is 5.78 Å². The summed E-state index contributed by atoms with van der Waals surface area (Å²) in [5.41, 5.74) is 1.65. The van der Waals surface area contributed by atoms with Gasteiger partial charge in [0, 0.05) is 27.1 Å². The number of Topliss-reactive ketones (excluding diaryl/α,β-unsaturated/α-hetero) is 1. The minimum absolute atomic E-state index is 0.0675. The number of allylic oxidation sites excluding steroid dienone is 1. The van der Waals surface area contributed by atoms with Crippen molar-refractivity contribution < 1.29 is 20.1 Å². The van der Waals surface area contributed by atoms with Crippen molar-refractivity contribution in [2.45, 2.75) is 11.8 Å². The molecule has 3 rings (SSSR count). The molecule has 0 amide bonds. The number of hydrogen-bond donors (Lipinski definition) is 3. The number of rotatable bonds is 5. The number of thioether (sulfide) groups is 1. The molecule has 3 N–H and O–H groups in total. The van der Waals surface area contributed by atoms with Crippen molar-refractivity contribution in [1.82, 2.24) is 0 Å². The SMILES string of the molecule is Cc1ccc(S/C(=C/c2c(O)cc(O)cc2O)C(=O)c2ccc(Br)cc2)cc1. The standard InChI is InChI=1S/C22H17BrO4S/c1-13-2-8-17(9-3-13)28-21(22(27)14-4-6-15(23)7-5-14)12-18-19(25)10-16(24)11-20(18)26/h2-12,24-26H,1H3/b21-12+. The summed E-state index contributed by atoms with van der Waals surface area (Å²) in [4.78, 5) is 14.3. The molecule has 0 radical (unpaired) electrons. The van der Waals surface area contributed by atoms with Gasteiger partial charge in [0.25, 0.3) is 0 Å². The zero-order valence-corrected chi connectivity index (χ0v) is 17.3. The molecule has 0 saturated heterocycles. The Kier molecular flexibility index (Phi) is 6.11. The van der Waals surface area contributed by atoms with Gasteiger partial charge in [-0.3, -0.25) is 4.79 Å². The number of halogens is 1. The smallest absolute Gasteiger partial charge is 0.199 e. The maximum absolute atomic E-state index is 13.1. The fourth-order valence-electron chi connectivity index (χ4n) is 2.51. The maximum atomic E-state index is 13.1. The molecule has 0 heterocycles. The third kappa shape index (κ3) is 4.77. The number of benzene rings is 3. The molecule has 0 bridgehead atoms. The molecule has 0 aliphatic carbocycles. The molecule has 0 unspecified atom stereocenters. The summed E-state index contributed by atoms with van der Waals surface area (Å²) in [7, 11) is 0. The topological polar surface area (TPSA) is 77.8 Å². The van der Waals surface area contributed by atoms with Gasteiger partial charge in [-0.15, -0.1) is 0 Å². The van der Waals surface area contributed by atoms with Crippen LogP contribution < -0.4 is 0 Å². The first-order valence-electron chi connectivity index (χ1n) is 8.35. The quantitative estimate of drug-likeness (QED) is 0.253. The van der Waals surface area contributed by atoms with Gasteiger partial charge in [0.2, 0.25) is 0 Å². The van der Waals surface area contributed by atoms with E-state index in [1.807, 2.05) is 31.2 Å². The minimum Gasteiger partial charge on any atom is -0.508 e. The first kappa shape index (κ1) is 20.0. The van der Waals surface area contributed by atoms with Gasteiger partial charge < -0.3 is 15.3 Å². The summed E-state index contributed by atoms with van der Waals surface area (Å²) >= 11 is 4.59. The first-order chi connectivity index (χ1) is 13.3. The van der Waals surface area contributed by atoms with E-state index in [1.54, 1.807) is 24.3 Å². The number of carbonyl (C=O) groups is 1. The Morgan fingerprint density at radius 2 is 1.50 bits per heavy atom. The van der Waals surface area contributed by atoms with Gasteiger partial charge in [-0.05, 0) is 49.4 Å². The fraction of sp³-hybridized carbons (Fsp3) is 0.0455. The summed E-state index contributed by atoms with van der Waals surface area (Å²) in [6.07, 6.45) is 1.43. The van der Waals surface area contributed by atoms with Gasteiger partial charge >= 0.3 is 0 Å². The third-order valence-electron chi connectivity index (χ3n) is 3.98. The largest absolute Gasteiger partial charge is 0.508 e. The summed E-state index contributed by atoms with van der Waals surface area (Å²) < 4.78 is 0.856. The van der Waals surface area contributed by atoms with Gasteiger partial charge in [0.05, 0.1) is 10.5 Å². The minimum atomic E-state index is -0.317. The molecule has 0 aliphatic heterocycles. The zero-order chi connectivity index (χ0) is 20.3. The molecule has 28 heavy (non-hydrogen) atoms. The van der Waals surface area contributed by atoms with Crippen LogP contribution in [0.2, 0.25) is 0 Å². The van der Waals surface area contributed by atoms with Crippen LogP contribution in [-0.4, -0.2) is 21.1 Å². The number of carbonyl (C=O) groups excluding carboxylic acids is 1. The van der Waals surface area contributed by atoms with E-state index in [9.17, 15) is 20.1 Å². The highest BCUT2D eigenvalue weighted by Crippen LogP contribution is 2.38. The van der Waals surface area contributed by atoms with Crippen molar-refractivity contribution in [3.8, 4) is 17.2 Å². The molecule has 0 aliphatic rings. The monoisotopic (exact) mass is 456 g/mol. The van der Waals surface area contributed by atoms with E-state index in [0.717, 1.165) is 27.1 Å². The second-order valence-corrected chi connectivity index (χ2v) is 8.19. The van der Waals surface area contributed by atoms with Crippen LogP contribution in [0.5, 0.6) is 17.2 Å². The molecule has 0 atom stereocenters. The van der Waals surface area contributed by atoms with Crippen LogP contribution in [0.1, 0.15) is 21.5 Å². The summed E-state index contributed by atoms with van der Waals surface area (Å²) in [5, 5.41) is 29.8. The van der Waals surface area contributed by atoms with E-state index in [4.69, 9.17) is 0 Å². The molecule has 0 aromatic heterocycles. The van der Waals surface area contributed by atoms with Crippen molar-refractivity contribution in [3.05, 3.63) is 86.7 Å². The normalized spacial score (nSPS) is 11.4. The number of phenolic OH excluding ortho intramolecular Hbond substituents is 3. The van der Waals surface area contributed by atoms with Crippen LogP contribution in [-0.2, 0) is 0 Å². The van der Waals surface area contributed by atoms with E-state index in [2.05, 4.69) is 15.9 Å². The Hall–Kier alpha value is -2.70. The average Bonchev–Trinajstić information content (AvgIpc) is 2.65. The summed E-state index contributed by atoms with van der Waals surface area (Å²) in [5.74, 6) is -1.14. The first-order valence-corrected chi connectivity index (χ1v) is 9.96. The number of aryl methyl sites for hydroxylation is 1. The Bertz CT molecular complexity index is 1020. The lowest BCUT2D eigenvalue weighted by Gasteiger charge is -2.10. The van der Waals surface area contributed by atoms with E-state index in [0.29, 0.717) is 10.5 Å². The molecule has 3 aromatic carbocycles. The summed E-state index contributed by atoms with van der Waals surface area (Å²) in [6.45, 7) is 1.98. The third-order valence-corrected chi connectivity index (χ3v) is 5.54. The maximum Gasteiger partial charge on any atom is 0.199 e. The predicted molar refractivity (Wildman–Crippen MR) is 115 cm³/mol. The lowest BCUT2D eigenvalue weighted by Crippen LogP contribution is -2.01. The van der Waals surface area contributed by atoms with Crippen molar-refractivity contribution in [1.29, 1.82) is 0 Å².